The Morgan fingerprint density at radius 2 is 1.77 bits per heavy atom. The second-order valence-corrected chi connectivity index (χ2v) is 6.45. The highest BCUT2D eigenvalue weighted by Gasteiger charge is 2.19. The highest BCUT2D eigenvalue weighted by atomic mass is 16.5. The van der Waals surface area contributed by atoms with Crippen LogP contribution in [0.4, 0.5) is 0 Å². The second kappa shape index (κ2) is 7.65. The number of methoxy groups -OCH3 is 1. The monoisotopic (exact) mass is 350 g/mol. The standard InChI is InChI=1S/C22H26N2O2/c1-5-16-9-12-20-19(13-16)15(3)21(24(20)6-2)22(25)23-14-17-7-10-18(26-4)11-8-17/h7-13H,5-6,14H2,1-4H3,(H,23,25). The Morgan fingerprint density at radius 3 is 2.38 bits per heavy atom. The number of nitrogens with zero attached hydrogens (tertiary/aromatic N) is 1. The summed E-state index contributed by atoms with van der Waals surface area (Å²) in [6, 6.07) is 14.2. The molecule has 3 aromatic rings. The van der Waals surface area contributed by atoms with Crippen molar-refractivity contribution in [3.8, 4) is 5.75 Å². The van der Waals surface area contributed by atoms with Gasteiger partial charge in [0.1, 0.15) is 11.4 Å². The van der Waals surface area contributed by atoms with Crippen LogP contribution in [0.5, 0.6) is 5.75 Å². The third-order valence-electron chi connectivity index (χ3n) is 4.93. The van der Waals surface area contributed by atoms with Crippen molar-refractivity contribution in [2.45, 2.75) is 40.3 Å². The summed E-state index contributed by atoms with van der Waals surface area (Å²) < 4.78 is 7.28. The van der Waals surface area contributed by atoms with Crippen LogP contribution in [-0.4, -0.2) is 17.6 Å². The number of nitrogens with one attached hydrogen (secondary N) is 1. The van der Waals surface area contributed by atoms with Crippen LogP contribution in [0.15, 0.2) is 42.5 Å². The van der Waals surface area contributed by atoms with Crippen molar-refractivity contribution in [2.24, 2.45) is 0 Å². The molecule has 136 valence electrons. The van der Waals surface area contributed by atoms with Gasteiger partial charge in [-0.2, -0.15) is 0 Å². The Labute approximate surface area is 154 Å². The van der Waals surface area contributed by atoms with Crippen LogP contribution in [0, 0.1) is 6.92 Å². The van der Waals surface area contributed by atoms with Gasteiger partial charge in [-0.1, -0.05) is 25.1 Å². The summed E-state index contributed by atoms with van der Waals surface area (Å²) in [5.41, 5.74) is 5.26. The first-order chi connectivity index (χ1) is 12.6. The van der Waals surface area contributed by atoms with Crippen molar-refractivity contribution in [2.75, 3.05) is 7.11 Å². The molecule has 0 aliphatic rings. The van der Waals surface area contributed by atoms with E-state index in [4.69, 9.17) is 4.74 Å². The zero-order chi connectivity index (χ0) is 18.7. The van der Waals surface area contributed by atoms with E-state index in [0.29, 0.717) is 6.54 Å². The Morgan fingerprint density at radius 1 is 1.08 bits per heavy atom. The average Bonchev–Trinajstić information content (AvgIpc) is 2.97. The smallest absolute Gasteiger partial charge is 0.268 e. The van der Waals surface area contributed by atoms with E-state index in [9.17, 15) is 4.79 Å². The van der Waals surface area contributed by atoms with Crippen LogP contribution < -0.4 is 10.1 Å². The van der Waals surface area contributed by atoms with Gasteiger partial charge in [-0.3, -0.25) is 4.79 Å². The summed E-state index contributed by atoms with van der Waals surface area (Å²) in [6.07, 6.45) is 0.992. The molecule has 4 nitrogen and oxygen atoms in total. The van der Waals surface area contributed by atoms with Crippen LogP contribution in [0.1, 0.15) is 41.0 Å². The molecular weight excluding hydrogens is 324 g/mol. The predicted octanol–water partition coefficient (Wildman–Crippen LogP) is 4.47. The van der Waals surface area contributed by atoms with Gasteiger partial charge in [-0.25, -0.2) is 0 Å². The topological polar surface area (TPSA) is 43.3 Å². The Kier molecular flexibility index (Phi) is 5.31. The van der Waals surface area contributed by atoms with Crippen molar-refractivity contribution in [3.05, 3.63) is 64.8 Å². The number of ether oxygens (including phenoxy) is 1. The van der Waals surface area contributed by atoms with Gasteiger partial charge < -0.3 is 14.6 Å². The third-order valence-corrected chi connectivity index (χ3v) is 4.93. The molecular formula is C22H26N2O2. The first kappa shape index (κ1) is 18.1. The number of hydrogen-bond acceptors (Lipinski definition) is 2. The van der Waals surface area contributed by atoms with E-state index in [-0.39, 0.29) is 5.91 Å². The summed E-state index contributed by atoms with van der Waals surface area (Å²) in [7, 11) is 1.65. The van der Waals surface area contributed by atoms with E-state index in [0.717, 1.165) is 41.1 Å². The van der Waals surface area contributed by atoms with Crippen molar-refractivity contribution in [1.82, 2.24) is 9.88 Å². The molecule has 0 spiro atoms. The Hall–Kier alpha value is -2.75. The fourth-order valence-corrected chi connectivity index (χ4v) is 3.42. The summed E-state index contributed by atoms with van der Waals surface area (Å²) >= 11 is 0. The van der Waals surface area contributed by atoms with Crippen LogP contribution >= 0.6 is 0 Å². The van der Waals surface area contributed by atoms with Crippen LogP contribution in [0.3, 0.4) is 0 Å². The molecule has 1 amide bonds. The molecule has 0 radical (unpaired) electrons. The molecule has 2 aromatic carbocycles. The number of aryl methyl sites for hydroxylation is 3. The number of aromatic nitrogens is 1. The predicted molar refractivity (Wildman–Crippen MR) is 106 cm³/mol. The molecule has 1 heterocycles. The number of carbonyl (C=O) groups is 1. The molecule has 26 heavy (non-hydrogen) atoms. The van der Waals surface area contributed by atoms with Gasteiger partial charge in [0.25, 0.3) is 5.91 Å². The number of amides is 1. The molecule has 3 rings (SSSR count). The zero-order valence-electron chi connectivity index (χ0n) is 15.9. The van der Waals surface area contributed by atoms with E-state index in [1.54, 1.807) is 7.11 Å². The Balaban J connectivity index is 1.88. The van der Waals surface area contributed by atoms with Gasteiger partial charge in [0, 0.05) is 24.0 Å². The minimum Gasteiger partial charge on any atom is -0.497 e. The molecule has 0 saturated heterocycles. The first-order valence-electron chi connectivity index (χ1n) is 9.11. The summed E-state index contributed by atoms with van der Waals surface area (Å²) in [5.74, 6) is 0.781. The normalized spacial score (nSPS) is 10.9. The summed E-state index contributed by atoms with van der Waals surface area (Å²) in [5, 5.41) is 4.22. The van der Waals surface area contributed by atoms with E-state index in [1.807, 2.05) is 31.2 Å². The summed E-state index contributed by atoms with van der Waals surface area (Å²) in [6.45, 7) is 7.52. The van der Waals surface area contributed by atoms with Gasteiger partial charge in [0.05, 0.1) is 7.11 Å². The van der Waals surface area contributed by atoms with Gasteiger partial charge in [0.2, 0.25) is 0 Å². The van der Waals surface area contributed by atoms with E-state index < -0.39 is 0 Å². The molecule has 0 aliphatic carbocycles. The molecule has 0 fully saturated rings. The van der Waals surface area contributed by atoms with Crippen molar-refractivity contribution in [1.29, 1.82) is 0 Å². The van der Waals surface area contributed by atoms with Gasteiger partial charge >= 0.3 is 0 Å². The van der Waals surface area contributed by atoms with Crippen molar-refractivity contribution >= 4 is 16.8 Å². The molecule has 0 aliphatic heterocycles. The fraction of sp³-hybridized carbons (Fsp3) is 0.318. The lowest BCUT2D eigenvalue weighted by molar-refractivity contribution is 0.0941. The van der Waals surface area contributed by atoms with E-state index in [2.05, 4.69) is 41.9 Å². The lowest BCUT2D eigenvalue weighted by atomic mass is 10.1. The van der Waals surface area contributed by atoms with Crippen LogP contribution in [0.25, 0.3) is 10.9 Å². The Bertz CT molecular complexity index is 923. The van der Waals surface area contributed by atoms with Crippen molar-refractivity contribution in [3.63, 3.8) is 0 Å². The highest BCUT2D eigenvalue weighted by Crippen LogP contribution is 2.27. The molecule has 0 unspecified atom stereocenters. The van der Waals surface area contributed by atoms with Crippen molar-refractivity contribution < 1.29 is 9.53 Å². The third kappa shape index (κ3) is 3.32. The maximum absolute atomic E-state index is 12.9. The van der Waals surface area contributed by atoms with E-state index >= 15 is 0 Å². The SMILES string of the molecule is CCc1ccc2c(c1)c(C)c(C(=O)NCc1ccc(OC)cc1)n2CC. The van der Waals surface area contributed by atoms with Gasteiger partial charge in [-0.05, 0) is 61.2 Å². The molecule has 4 heteroatoms. The van der Waals surface area contributed by atoms with Gasteiger partial charge in [0.15, 0.2) is 0 Å². The number of carbonyl (C=O) groups excluding carboxylic acids is 1. The first-order valence-corrected chi connectivity index (χ1v) is 9.11. The lowest BCUT2D eigenvalue weighted by Crippen LogP contribution is -2.26. The maximum Gasteiger partial charge on any atom is 0.268 e. The molecule has 1 aromatic heterocycles. The van der Waals surface area contributed by atoms with E-state index in [1.165, 1.54) is 10.9 Å². The largest absolute Gasteiger partial charge is 0.497 e. The summed E-state index contributed by atoms with van der Waals surface area (Å²) in [4.78, 5) is 12.9. The molecule has 0 saturated carbocycles. The quantitative estimate of drug-likeness (QED) is 0.713. The molecule has 1 N–H and O–H groups in total. The molecule has 0 atom stereocenters. The number of rotatable bonds is 6. The highest BCUT2D eigenvalue weighted by molar-refractivity contribution is 6.01. The number of fused-ring (bicyclic) bond motifs is 1. The van der Waals surface area contributed by atoms with Gasteiger partial charge in [-0.15, -0.1) is 0 Å². The zero-order valence-corrected chi connectivity index (χ0v) is 15.9. The second-order valence-electron chi connectivity index (χ2n) is 6.45. The lowest BCUT2D eigenvalue weighted by Gasteiger charge is -2.10. The maximum atomic E-state index is 12.9. The molecule has 0 bridgehead atoms. The minimum absolute atomic E-state index is 0.0329. The number of hydrogen-bond donors (Lipinski definition) is 1. The fourth-order valence-electron chi connectivity index (χ4n) is 3.42. The van der Waals surface area contributed by atoms with Crippen LogP contribution in [-0.2, 0) is 19.5 Å². The minimum atomic E-state index is -0.0329. The average molecular weight is 350 g/mol. The number of benzene rings is 2. The van der Waals surface area contributed by atoms with Crippen LogP contribution in [0.2, 0.25) is 0 Å².